The van der Waals surface area contributed by atoms with E-state index in [0.717, 1.165) is 5.82 Å². The molecule has 4 heteroatoms. The number of imidazole rings is 1. The molecule has 2 aromatic rings. The lowest BCUT2D eigenvalue weighted by molar-refractivity contribution is 0.291. The average molecular weight is 206 g/mol. The Morgan fingerprint density at radius 3 is 2.67 bits per heavy atom. The first-order valence-electron chi connectivity index (χ1n) is 4.60. The fourth-order valence-electron chi connectivity index (χ4n) is 1.21. The molecule has 0 unspecified atom stereocenters. The number of hydrogen-bond donors (Lipinski definition) is 0. The Kier molecular flexibility index (Phi) is 2.67. The molecule has 2 rings (SSSR count). The number of aromatic nitrogens is 2. The predicted octanol–water partition coefficient (Wildman–Crippen LogP) is 2.14. The third kappa shape index (κ3) is 2.34. The molecule has 0 atom stereocenters. The molecule has 1 aromatic carbocycles. The van der Waals surface area contributed by atoms with Crippen LogP contribution in [-0.2, 0) is 13.7 Å². The molecular formula is C11H11FN2O. The lowest BCUT2D eigenvalue weighted by Gasteiger charge is -2.05. The topological polar surface area (TPSA) is 27.1 Å². The van der Waals surface area contributed by atoms with Crippen LogP contribution in [0.15, 0.2) is 36.7 Å². The lowest BCUT2D eigenvalue weighted by atomic mass is 10.3. The largest absolute Gasteiger partial charge is 0.486 e. The summed E-state index contributed by atoms with van der Waals surface area (Å²) in [5.41, 5.74) is 0. The second kappa shape index (κ2) is 4.13. The summed E-state index contributed by atoms with van der Waals surface area (Å²) in [5.74, 6) is 1.21. The van der Waals surface area contributed by atoms with E-state index in [1.165, 1.54) is 12.1 Å². The summed E-state index contributed by atoms with van der Waals surface area (Å²) in [5, 5.41) is 0. The number of benzene rings is 1. The number of rotatable bonds is 3. The van der Waals surface area contributed by atoms with Crippen LogP contribution in [0, 0.1) is 5.82 Å². The molecule has 3 nitrogen and oxygen atoms in total. The van der Waals surface area contributed by atoms with Crippen LogP contribution in [0.3, 0.4) is 0 Å². The highest BCUT2D eigenvalue weighted by Gasteiger charge is 2.00. The summed E-state index contributed by atoms with van der Waals surface area (Å²) in [6.07, 6.45) is 3.56. The maximum atomic E-state index is 12.6. The zero-order valence-corrected chi connectivity index (χ0v) is 8.35. The van der Waals surface area contributed by atoms with Crippen molar-refractivity contribution in [1.82, 2.24) is 9.55 Å². The van der Waals surface area contributed by atoms with Crippen molar-refractivity contribution < 1.29 is 9.13 Å². The molecule has 0 fully saturated rings. The average Bonchev–Trinajstić information content (AvgIpc) is 2.63. The molecule has 78 valence electrons. The van der Waals surface area contributed by atoms with Gasteiger partial charge in [-0.3, -0.25) is 0 Å². The van der Waals surface area contributed by atoms with E-state index in [2.05, 4.69) is 4.98 Å². The third-order valence-corrected chi connectivity index (χ3v) is 2.10. The molecule has 0 aliphatic heterocycles. The van der Waals surface area contributed by atoms with Crippen LogP contribution < -0.4 is 4.74 Å². The Hall–Kier alpha value is -1.84. The molecule has 1 heterocycles. The molecular weight excluding hydrogens is 195 g/mol. The van der Waals surface area contributed by atoms with Gasteiger partial charge >= 0.3 is 0 Å². The lowest BCUT2D eigenvalue weighted by Crippen LogP contribution is -2.02. The Morgan fingerprint density at radius 2 is 2.07 bits per heavy atom. The maximum absolute atomic E-state index is 12.6. The monoisotopic (exact) mass is 206 g/mol. The van der Waals surface area contributed by atoms with Crippen molar-refractivity contribution in [3.8, 4) is 5.75 Å². The van der Waals surface area contributed by atoms with Gasteiger partial charge in [-0.2, -0.15) is 0 Å². The number of ether oxygens (including phenoxy) is 1. The maximum Gasteiger partial charge on any atom is 0.146 e. The van der Waals surface area contributed by atoms with Crippen LogP contribution >= 0.6 is 0 Å². The Balaban J connectivity index is 1.99. The summed E-state index contributed by atoms with van der Waals surface area (Å²) in [6, 6.07) is 5.93. The van der Waals surface area contributed by atoms with Crippen molar-refractivity contribution in [1.29, 1.82) is 0 Å². The summed E-state index contributed by atoms with van der Waals surface area (Å²) in [6.45, 7) is 0.384. The fraction of sp³-hybridized carbons (Fsp3) is 0.182. The fourth-order valence-corrected chi connectivity index (χ4v) is 1.21. The van der Waals surface area contributed by atoms with Crippen molar-refractivity contribution in [3.05, 3.63) is 48.3 Å². The SMILES string of the molecule is Cn1ccnc1COc1ccc(F)cc1. The summed E-state index contributed by atoms with van der Waals surface area (Å²) in [7, 11) is 1.90. The molecule has 0 spiro atoms. The molecule has 15 heavy (non-hydrogen) atoms. The van der Waals surface area contributed by atoms with E-state index in [9.17, 15) is 4.39 Å². The van der Waals surface area contributed by atoms with E-state index in [0.29, 0.717) is 12.4 Å². The van der Waals surface area contributed by atoms with Crippen LogP contribution in [-0.4, -0.2) is 9.55 Å². The first-order valence-corrected chi connectivity index (χ1v) is 4.60. The van der Waals surface area contributed by atoms with Gasteiger partial charge in [0.05, 0.1) is 0 Å². The zero-order valence-electron chi connectivity index (χ0n) is 8.35. The highest BCUT2D eigenvalue weighted by molar-refractivity contribution is 5.22. The van der Waals surface area contributed by atoms with Gasteiger partial charge in [-0.05, 0) is 24.3 Å². The minimum atomic E-state index is -0.264. The first-order chi connectivity index (χ1) is 7.25. The predicted molar refractivity (Wildman–Crippen MR) is 53.9 cm³/mol. The Labute approximate surface area is 87.1 Å². The van der Waals surface area contributed by atoms with Crippen LogP contribution in [0.25, 0.3) is 0 Å². The molecule has 0 aliphatic rings. The summed E-state index contributed by atoms with van der Waals surface area (Å²) < 4.78 is 19.9. The number of aryl methyl sites for hydroxylation is 1. The highest BCUT2D eigenvalue weighted by atomic mass is 19.1. The Morgan fingerprint density at radius 1 is 1.33 bits per heavy atom. The van der Waals surface area contributed by atoms with Gasteiger partial charge in [-0.15, -0.1) is 0 Å². The van der Waals surface area contributed by atoms with Gasteiger partial charge in [-0.25, -0.2) is 9.37 Å². The quantitative estimate of drug-likeness (QED) is 0.769. The van der Waals surface area contributed by atoms with E-state index in [1.807, 2.05) is 17.8 Å². The molecule has 0 amide bonds. The van der Waals surface area contributed by atoms with Crippen LogP contribution in [0.1, 0.15) is 5.82 Å². The standard InChI is InChI=1S/C11H11FN2O/c1-14-7-6-13-11(14)8-15-10-4-2-9(12)3-5-10/h2-7H,8H2,1H3. The second-order valence-electron chi connectivity index (χ2n) is 3.20. The van der Waals surface area contributed by atoms with Gasteiger partial charge < -0.3 is 9.30 Å². The number of halogens is 1. The minimum Gasteiger partial charge on any atom is -0.486 e. The summed E-state index contributed by atoms with van der Waals surface area (Å²) in [4.78, 5) is 4.11. The van der Waals surface area contributed by atoms with E-state index in [4.69, 9.17) is 4.74 Å². The van der Waals surface area contributed by atoms with Gasteiger partial charge in [0.1, 0.15) is 24.0 Å². The molecule has 0 saturated heterocycles. The van der Waals surface area contributed by atoms with Gasteiger partial charge in [-0.1, -0.05) is 0 Å². The number of nitrogens with zero attached hydrogens (tertiary/aromatic N) is 2. The minimum absolute atomic E-state index is 0.264. The van der Waals surface area contributed by atoms with Crippen molar-refractivity contribution in [2.75, 3.05) is 0 Å². The van der Waals surface area contributed by atoms with E-state index in [-0.39, 0.29) is 5.82 Å². The van der Waals surface area contributed by atoms with Crippen molar-refractivity contribution >= 4 is 0 Å². The molecule has 0 radical (unpaired) electrons. The van der Waals surface area contributed by atoms with Gasteiger partial charge in [0, 0.05) is 19.4 Å². The summed E-state index contributed by atoms with van der Waals surface area (Å²) >= 11 is 0. The van der Waals surface area contributed by atoms with Crippen LogP contribution in [0.4, 0.5) is 4.39 Å². The second-order valence-corrected chi connectivity index (χ2v) is 3.20. The van der Waals surface area contributed by atoms with E-state index < -0.39 is 0 Å². The number of hydrogen-bond acceptors (Lipinski definition) is 2. The van der Waals surface area contributed by atoms with Crippen molar-refractivity contribution in [2.45, 2.75) is 6.61 Å². The smallest absolute Gasteiger partial charge is 0.146 e. The van der Waals surface area contributed by atoms with Crippen LogP contribution in [0.5, 0.6) is 5.75 Å². The first kappa shape index (κ1) is 9.71. The van der Waals surface area contributed by atoms with E-state index >= 15 is 0 Å². The molecule has 0 aliphatic carbocycles. The van der Waals surface area contributed by atoms with Gasteiger partial charge in [0.25, 0.3) is 0 Å². The third-order valence-electron chi connectivity index (χ3n) is 2.10. The zero-order chi connectivity index (χ0) is 10.7. The van der Waals surface area contributed by atoms with Gasteiger partial charge in [0.2, 0.25) is 0 Å². The van der Waals surface area contributed by atoms with E-state index in [1.54, 1.807) is 18.3 Å². The molecule has 1 aromatic heterocycles. The Bertz CT molecular complexity index is 436. The van der Waals surface area contributed by atoms with Crippen LogP contribution in [0.2, 0.25) is 0 Å². The molecule has 0 bridgehead atoms. The molecule has 0 saturated carbocycles. The normalized spacial score (nSPS) is 10.3. The highest BCUT2D eigenvalue weighted by Crippen LogP contribution is 2.12. The van der Waals surface area contributed by atoms with Crippen molar-refractivity contribution in [2.24, 2.45) is 7.05 Å². The molecule has 0 N–H and O–H groups in total. The van der Waals surface area contributed by atoms with Crippen molar-refractivity contribution in [3.63, 3.8) is 0 Å². The van der Waals surface area contributed by atoms with Gasteiger partial charge in [0.15, 0.2) is 0 Å².